The molecule has 0 aliphatic carbocycles. The molecule has 1 aliphatic rings. The normalized spacial score (nSPS) is 28.7. The highest BCUT2D eigenvalue weighted by atomic mass is 32.2. The predicted molar refractivity (Wildman–Crippen MR) is 54.3 cm³/mol. The van der Waals surface area contributed by atoms with Gasteiger partial charge in [0.25, 0.3) is 0 Å². The second-order valence-corrected chi connectivity index (χ2v) is 4.43. The van der Waals surface area contributed by atoms with Gasteiger partial charge < -0.3 is 4.74 Å². The van der Waals surface area contributed by atoms with Crippen LogP contribution in [0, 0.1) is 12.3 Å². The Morgan fingerprint density at radius 3 is 3.08 bits per heavy atom. The lowest BCUT2D eigenvalue weighted by Crippen LogP contribution is -2.13. The molecule has 1 nitrogen and oxygen atoms in total. The summed E-state index contributed by atoms with van der Waals surface area (Å²) in [5.41, 5.74) is 0. The van der Waals surface area contributed by atoms with Gasteiger partial charge in [-0.3, -0.25) is 0 Å². The summed E-state index contributed by atoms with van der Waals surface area (Å²) in [5.74, 6) is 3.84. The molecule has 1 aliphatic heterocycles. The zero-order valence-electron chi connectivity index (χ0n) is 7.58. The molecule has 68 valence electrons. The average molecular weight is 184 g/mol. The molecule has 0 aromatic carbocycles. The first-order chi connectivity index (χ1) is 5.84. The van der Waals surface area contributed by atoms with Crippen molar-refractivity contribution in [1.82, 2.24) is 0 Å². The Balaban J connectivity index is 2.03. The maximum absolute atomic E-state index is 5.46. The summed E-state index contributed by atoms with van der Waals surface area (Å²) in [6, 6.07) is 0. The highest BCUT2D eigenvalue weighted by molar-refractivity contribution is 7.99. The molecule has 0 N–H and O–H groups in total. The summed E-state index contributed by atoms with van der Waals surface area (Å²) in [4.78, 5) is 0. The summed E-state index contributed by atoms with van der Waals surface area (Å²) in [6.45, 7) is 3.10. The molecule has 0 aromatic heterocycles. The maximum atomic E-state index is 5.46. The molecule has 2 heteroatoms. The van der Waals surface area contributed by atoms with E-state index in [1.807, 2.05) is 11.8 Å². The van der Waals surface area contributed by atoms with Crippen LogP contribution in [0.4, 0.5) is 0 Å². The van der Waals surface area contributed by atoms with Gasteiger partial charge in [-0.1, -0.05) is 0 Å². The number of ether oxygens (including phenoxy) is 1. The molecule has 1 rings (SSSR count). The molecule has 0 aromatic rings. The number of thioether (sulfide) groups is 1. The van der Waals surface area contributed by atoms with Crippen LogP contribution in [0.25, 0.3) is 0 Å². The Morgan fingerprint density at radius 1 is 1.67 bits per heavy atom. The van der Waals surface area contributed by atoms with Crippen molar-refractivity contribution in [2.24, 2.45) is 0 Å². The van der Waals surface area contributed by atoms with Crippen LogP contribution in [0.1, 0.15) is 26.2 Å². The lowest BCUT2D eigenvalue weighted by molar-refractivity contribution is 0.127. The highest BCUT2D eigenvalue weighted by Crippen LogP contribution is 2.26. The quantitative estimate of drug-likeness (QED) is 0.490. The first-order valence-electron chi connectivity index (χ1n) is 4.51. The fraction of sp³-hybridized carbons (Fsp3) is 0.800. The summed E-state index contributed by atoms with van der Waals surface area (Å²) >= 11 is 2.01. The van der Waals surface area contributed by atoms with E-state index in [9.17, 15) is 0 Å². The van der Waals surface area contributed by atoms with Crippen molar-refractivity contribution in [2.45, 2.75) is 37.5 Å². The van der Waals surface area contributed by atoms with Crippen LogP contribution in [0.3, 0.4) is 0 Å². The van der Waals surface area contributed by atoms with Crippen molar-refractivity contribution in [3.63, 3.8) is 0 Å². The van der Waals surface area contributed by atoms with Crippen molar-refractivity contribution in [1.29, 1.82) is 0 Å². The lowest BCUT2D eigenvalue weighted by Gasteiger charge is -2.12. The van der Waals surface area contributed by atoms with Gasteiger partial charge in [0.15, 0.2) is 0 Å². The Kier molecular flexibility index (Phi) is 4.57. The number of rotatable bonds is 4. The minimum absolute atomic E-state index is 0.445. The van der Waals surface area contributed by atoms with Gasteiger partial charge in [0.1, 0.15) is 0 Å². The van der Waals surface area contributed by atoms with E-state index in [1.165, 1.54) is 12.2 Å². The minimum atomic E-state index is 0.445. The smallest absolute Gasteiger partial charge is 0.0666 e. The minimum Gasteiger partial charge on any atom is -0.377 e. The van der Waals surface area contributed by atoms with E-state index in [0.29, 0.717) is 11.4 Å². The highest BCUT2D eigenvalue weighted by Gasteiger charge is 2.23. The first-order valence-corrected chi connectivity index (χ1v) is 5.56. The van der Waals surface area contributed by atoms with E-state index in [1.54, 1.807) is 0 Å². The van der Waals surface area contributed by atoms with Crippen molar-refractivity contribution < 1.29 is 4.74 Å². The van der Waals surface area contributed by atoms with Gasteiger partial charge in [0.05, 0.1) is 6.10 Å². The Labute approximate surface area is 79.3 Å². The fourth-order valence-electron chi connectivity index (χ4n) is 1.34. The van der Waals surface area contributed by atoms with Gasteiger partial charge in [-0.2, -0.15) is 11.8 Å². The van der Waals surface area contributed by atoms with Gasteiger partial charge in [0, 0.05) is 18.3 Å². The summed E-state index contributed by atoms with van der Waals surface area (Å²) in [7, 11) is 0. The number of unbranched alkanes of at least 4 members (excludes halogenated alkanes) is 1. The van der Waals surface area contributed by atoms with Crippen molar-refractivity contribution in [3.8, 4) is 12.3 Å². The second-order valence-electron chi connectivity index (χ2n) is 3.08. The van der Waals surface area contributed by atoms with Crippen LogP contribution in [-0.2, 0) is 4.74 Å². The molecule has 0 spiro atoms. The number of hydrogen-bond donors (Lipinski definition) is 0. The number of terminal acetylenes is 1. The van der Waals surface area contributed by atoms with Crippen molar-refractivity contribution in [3.05, 3.63) is 0 Å². The van der Waals surface area contributed by atoms with E-state index >= 15 is 0 Å². The van der Waals surface area contributed by atoms with E-state index in [4.69, 9.17) is 11.2 Å². The number of hydrogen-bond acceptors (Lipinski definition) is 2. The largest absolute Gasteiger partial charge is 0.377 e. The van der Waals surface area contributed by atoms with Gasteiger partial charge in [0.2, 0.25) is 0 Å². The van der Waals surface area contributed by atoms with E-state index in [2.05, 4.69) is 12.8 Å². The molecule has 0 bridgehead atoms. The van der Waals surface area contributed by atoms with Crippen LogP contribution in [0.15, 0.2) is 0 Å². The van der Waals surface area contributed by atoms with Crippen LogP contribution in [0.2, 0.25) is 0 Å². The summed E-state index contributed by atoms with van der Waals surface area (Å²) in [5, 5.41) is 0.711. The van der Waals surface area contributed by atoms with Crippen molar-refractivity contribution >= 4 is 11.8 Å². The molecular weight excluding hydrogens is 168 g/mol. The van der Waals surface area contributed by atoms with Crippen LogP contribution in [-0.4, -0.2) is 23.7 Å². The molecule has 1 heterocycles. The van der Waals surface area contributed by atoms with Gasteiger partial charge in [-0.25, -0.2) is 0 Å². The van der Waals surface area contributed by atoms with Crippen LogP contribution in [0.5, 0.6) is 0 Å². The maximum Gasteiger partial charge on any atom is 0.0666 e. The molecule has 2 atom stereocenters. The SMILES string of the molecule is C#CCCCSC1CCOC1C. The second kappa shape index (κ2) is 5.50. The summed E-state index contributed by atoms with van der Waals surface area (Å²) in [6.07, 6.45) is 8.88. The zero-order valence-corrected chi connectivity index (χ0v) is 8.40. The van der Waals surface area contributed by atoms with E-state index in [-0.39, 0.29) is 0 Å². The Morgan fingerprint density at radius 2 is 2.50 bits per heavy atom. The molecular formula is C10H16OS. The fourth-order valence-corrected chi connectivity index (χ4v) is 2.57. The van der Waals surface area contributed by atoms with Gasteiger partial charge >= 0.3 is 0 Å². The Hall–Kier alpha value is -0.130. The lowest BCUT2D eigenvalue weighted by atomic mass is 10.3. The van der Waals surface area contributed by atoms with Crippen LogP contribution < -0.4 is 0 Å². The predicted octanol–water partition coefficient (Wildman–Crippen LogP) is 2.31. The average Bonchev–Trinajstić information content (AvgIpc) is 2.46. The zero-order chi connectivity index (χ0) is 8.81. The van der Waals surface area contributed by atoms with E-state index < -0.39 is 0 Å². The molecule has 12 heavy (non-hydrogen) atoms. The molecule has 0 amide bonds. The topological polar surface area (TPSA) is 9.23 Å². The molecule has 1 saturated heterocycles. The van der Waals surface area contributed by atoms with Gasteiger partial charge in [-0.15, -0.1) is 12.3 Å². The molecule has 2 unspecified atom stereocenters. The standard InChI is InChI=1S/C10H16OS/c1-3-4-5-8-12-10-6-7-11-9(10)2/h1,9-10H,4-8H2,2H3. The third-order valence-corrected chi connectivity index (χ3v) is 3.68. The van der Waals surface area contributed by atoms with Crippen molar-refractivity contribution in [2.75, 3.05) is 12.4 Å². The van der Waals surface area contributed by atoms with Gasteiger partial charge in [-0.05, 0) is 25.5 Å². The third-order valence-electron chi connectivity index (χ3n) is 2.10. The first kappa shape index (κ1) is 9.95. The molecule has 0 saturated carbocycles. The molecule has 1 fully saturated rings. The third kappa shape index (κ3) is 3.08. The molecule has 0 radical (unpaired) electrons. The Bertz CT molecular complexity index is 162. The van der Waals surface area contributed by atoms with Crippen LogP contribution >= 0.6 is 11.8 Å². The van der Waals surface area contributed by atoms with E-state index in [0.717, 1.165) is 19.4 Å². The summed E-state index contributed by atoms with van der Waals surface area (Å²) < 4.78 is 5.46. The monoisotopic (exact) mass is 184 g/mol.